The highest BCUT2D eigenvalue weighted by molar-refractivity contribution is 6.32. The number of piperazine rings is 1. The Kier molecular flexibility index (Phi) is 6.14. The SMILES string of the molecule is Cc1ccc2c(c1)C(=O)C(c1ccccc1)(N1CCN(C(Cc3ccccc3)C3=COCO3)CC1)C2=O. The standard InChI is InChI=1S/C31H30N2O4/c1-22-12-13-25-26(18-22)30(35)31(29(25)34,24-10-6-3-7-11-24)33-16-14-32(15-17-33)27(28-20-36-21-37-28)19-23-8-4-2-5-9-23/h2-13,18,20,27H,14-17,19,21H2,1H3. The van der Waals surface area contributed by atoms with E-state index in [1.165, 1.54) is 5.56 Å². The molecule has 1 aliphatic carbocycles. The van der Waals surface area contributed by atoms with Crippen molar-refractivity contribution in [2.24, 2.45) is 0 Å². The third-order valence-corrected chi connectivity index (χ3v) is 7.84. The van der Waals surface area contributed by atoms with Gasteiger partial charge < -0.3 is 9.47 Å². The predicted molar refractivity (Wildman–Crippen MR) is 140 cm³/mol. The van der Waals surface area contributed by atoms with Crippen LogP contribution in [0.3, 0.4) is 0 Å². The van der Waals surface area contributed by atoms with Crippen molar-refractivity contribution in [3.8, 4) is 0 Å². The number of carbonyl (C=O) groups is 2. The van der Waals surface area contributed by atoms with Crippen molar-refractivity contribution in [3.05, 3.63) is 119 Å². The predicted octanol–water partition coefficient (Wildman–Crippen LogP) is 4.34. The van der Waals surface area contributed by atoms with Crippen LogP contribution in [0.5, 0.6) is 0 Å². The Morgan fingerprint density at radius 3 is 2.19 bits per heavy atom. The molecule has 1 fully saturated rings. The lowest BCUT2D eigenvalue weighted by Crippen LogP contribution is -2.61. The van der Waals surface area contributed by atoms with Crippen LogP contribution in [-0.4, -0.2) is 60.4 Å². The Labute approximate surface area is 217 Å². The van der Waals surface area contributed by atoms with E-state index in [9.17, 15) is 9.59 Å². The monoisotopic (exact) mass is 494 g/mol. The van der Waals surface area contributed by atoms with Crippen LogP contribution in [0.15, 0.2) is 90.9 Å². The number of hydrogen-bond acceptors (Lipinski definition) is 6. The van der Waals surface area contributed by atoms with Gasteiger partial charge in [-0.2, -0.15) is 0 Å². The Hall–Kier alpha value is -3.74. The molecular formula is C31H30N2O4. The molecule has 0 N–H and O–H groups in total. The normalized spacial score (nSPS) is 22.8. The molecule has 0 amide bonds. The van der Waals surface area contributed by atoms with Crippen LogP contribution in [0, 0.1) is 6.92 Å². The van der Waals surface area contributed by atoms with Gasteiger partial charge in [-0.05, 0) is 30.5 Å². The Bertz CT molecular complexity index is 1350. The van der Waals surface area contributed by atoms with E-state index in [1.54, 1.807) is 6.26 Å². The van der Waals surface area contributed by atoms with E-state index >= 15 is 0 Å². The molecule has 3 aromatic carbocycles. The third-order valence-electron chi connectivity index (χ3n) is 7.84. The lowest BCUT2D eigenvalue weighted by molar-refractivity contribution is 0.0137. The Morgan fingerprint density at radius 1 is 0.838 bits per heavy atom. The van der Waals surface area contributed by atoms with Gasteiger partial charge in [0.1, 0.15) is 6.26 Å². The fourth-order valence-electron chi connectivity index (χ4n) is 5.99. The highest BCUT2D eigenvalue weighted by Crippen LogP contribution is 2.43. The van der Waals surface area contributed by atoms with Crippen molar-refractivity contribution in [2.45, 2.75) is 24.9 Å². The second-order valence-electron chi connectivity index (χ2n) is 9.96. The van der Waals surface area contributed by atoms with E-state index < -0.39 is 5.54 Å². The molecule has 3 aliphatic rings. The minimum absolute atomic E-state index is 0.0227. The number of nitrogens with zero attached hydrogens (tertiary/aromatic N) is 2. The molecule has 6 heteroatoms. The highest BCUT2D eigenvalue weighted by atomic mass is 16.7. The number of rotatable bonds is 6. The topological polar surface area (TPSA) is 59.1 Å². The zero-order valence-corrected chi connectivity index (χ0v) is 20.9. The number of carbonyl (C=O) groups excluding carboxylic acids is 2. The molecular weight excluding hydrogens is 464 g/mol. The molecule has 37 heavy (non-hydrogen) atoms. The van der Waals surface area contributed by atoms with Crippen LogP contribution in [0.25, 0.3) is 0 Å². The summed E-state index contributed by atoms with van der Waals surface area (Å²) in [6.07, 6.45) is 2.51. The summed E-state index contributed by atoms with van der Waals surface area (Å²) in [6.45, 7) is 4.75. The molecule has 0 spiro atoms. The molecule has 6 nitrogen and oxygen atoms in total. The summed E-state index contributed by atoms with van der Waals surface area (Å²) in [7, 11) is 0. The molecule has 2 unspecified atom stereocenters. The highest BCUT2D eigenvalue weighted by Gasteiger charge is 2.58. The zero-order chi connectivity index (χ0) is 25.4. The Morgan fingerprint density at radius 2 is 1.51 bits per heavy atom. The lowest BCUT2D eigenvalue weighted by Gasteiger charge is -2.45. The minimum Gasteiger partial charge on any atom is -0.462 e. The fourth-order valence-corrected chi connectivity index (χ4v) is 5.99. The van der Waals surface area contributed by atoms with Gasteiger partial charge in [-0.1, -0.05) is 78.4 Å². The van der Waals surface area contributed by atoms with E-state index in [1.807, 2.05) is 73.7 Å². The van der Waals surface area contributed by atoms with Crippen LogP contribution >= 0.6 is 0 Å². The summed E-state index contributed by atoms with van der Waals surface area (Å²) in [5.41, 5.74) is 2.65. The maximum Gasteiger partial charge on any atom is 0.229 e. The van der Waals surface area contributed by atoms with E-state index in [0.29, 0.717) is 37.3 Å². The molecule has 188 valence electrons. The van der Waals surface area contributed by atoms with Gasteiger partial charge in [0.2, 0.25) is 6.79 Å². The van der Waals surface area contributed by atoms with Crippen molar-refractivity contribution >= 4 is 11.6 Å². The number of Topliss-reactive ketones (excluding diaryl/α,β-unsaturated/α-hetero) is 2. The first-order chi connectivity index (χ1) is 18.1. The maximum absolute atomic E-state index is 14.1. The van der Waals surface area contributed by atoms with Gasteiger partial charge in [0, 0.05) is 37.3 Å². The van der Waals surface area contributed by atoms with E-state index in [0.717, 1.165) is 23.3 Å². The molecule has 2 atom stereocenters. The largest absolute Gasteiger partial charge is 0.462 e. The van der Waals surface area contributed by atoms with E-state index in [-0.39, 0.29) is 24.4 Å². The molecule has 1 saturated heterocycles. The summed E-state index contributed by atoms with van der Waals surface area (Å²) in [5.74, 6) is 0.584. The second kappa shape index (κ2) is 9.61. The van der Waals surface area contributed by atoms with Crippen LogP contribution in [0.1, 0.15) is 37.4 Å². The molecule has 0 aromatic heterocycles. The lowest BCUT2D eigenvalue weighted by atomic mass is 9.82. The number of aryl methyl sites for hydroxylation is 1. The van der Waals surface area contributed by atoms with Crippen molar-refractivity contribution in [1.29, 1.82) is 0 Å². The molecule has 0 radical (unpaired) electrons. The first-order valence-electron chi connectivity index (χ1n) is 12.8. The average Bonchev–Trinajstić information content (AvgIpc) is 3.55. The van der Waals surface area contributed by atoms with Crippen LogP contribution in [0.2, 0.25) is 0 Å². The molecule has 0 bridgehead atoms. The van der Waals surface area contributed by atoms with Crippen LogP contribution in [-0.2, 0) is 21.4 Å². The van der Waals surface area contributed by atoms with Gasteiger partial charge in [0.25, 0.3) is 0 Å². The third kappa shape index (κ3) is 3.97. The summed E-state index contributed by atoms with van der Waals surface area (Å²) >= 11 is 0. The second-order valence-corrected chi connectivity index (χ2v) is 9.96. The minimum atomic E-state index is -1.33. The molecule has 2 aliphatic heterocycles. The summed E-state index contributed by atoms with van der Waals surface area (Å²) < 4.78 is 11.2. The fraction of sp³-hybridized carbons (Fsp3) is 0.290. The van der Waals surface area contributed by atoms with Gasteiger partial charge in [0.15, 0.2) is 22.9 Å². The summed E-state index contributed by atoms with van der Waals surface area (Å²) in [4.78, 5) is 32.7. The molecule has 3 aromatic rings. The number of benzene rings is 3. The smallest absolute Gasteiger partial charge is 0.229 e. The number of hydrogen-bond donors (Lipinski definition) is 0. The zero-order valence-electron chi connectivity index (χ0n) is 20.9. The first kappa shape index (κ1) is 23.6. The van der Waals surface area contributed by atoms with Gasteiger partial charge >= 0.3 is 0 Å². The van der Waals surface area contributed by atoms with Gasteiger partial charge in [-0.3, -0.25) is 19.4 Å². The summed E-state index contributed by atoms with van der Waals surface area (Å²) in [6, 6.07) is 25.5. The molecule has 6 rings (SSSR count). The van der Waals surface area contributed by atoms with E-state index in [4.69, 9.17) is 9.47 Å². The van der Waals surface area contributed by atoms with Crippen molar-refractivity contribution in [3.63, 3.8) is 0 Å². The van der Waals surface area contributed by atoms with Crippen LogP contribution in [0.4, 0.5) is 0 Å². The van der Waals surface area contributed by atoms with Crippen molar-refractivity contribution < 1.29 is 19.1 Å². The van der Waals surface area contributed by atoms with Gasteiger partial charge in [-0.25, -0.2) is 0 Å². The van der Waals surface area contributed by atoms with E-state index in [2.05, 4.69) is 21.9 Å². The maximum atomic E-state index is 14.1. The van der Waals surface area contributed by atoms with Crippen LogP contribution < -0.4 is 0 Å². The quantitative estimate of drug-likeness (QED) is 0.475. The number of ether oxygens (including phenoxy) is 2. The van der Waals surface area contributed by atoms with Crippen molar-refractivity contribution in [2.75, 3.05) is 33.0 Å². The van der Waals surface area contributed by atoms with Crippen molar-refractivity contribution in [1.82, 2.24) is 9.80 Å². The van der Waals surface area contributed by atoms with Gasteiger partial charge in [-0.15, -0.1) is 0 Å². The molecule has 2 heterocycles. The van der Waals surface area contributed by atoms with Gasteiger partial charge in [0.05, 0.1) is 6.04 Å². The number of fused-ring (bicyclic) bond motifs is 1. The number of ketones is 2. The Balaban J connectivity index is 1.31. The first-order valence-corrected chi connectivity index (χ1v) is 12.8. The molecule has 0 saturated carbocycles. The summed E-state index contributed by atoms with van der Waals surface area (Å²) in [5, 5.41) is 0. The average molecular weight is 495 g/mol.